The number of amides is 2. The van der Waals surface area contributed by atoms with Crippen LogP contribution in [0.25, 0.3) is 0 Å². The second kappa shape index (κ2) is 5.49. The number of aliphatic hydroxyl groups is 1. The van der Waals surface area contributed by atoms with Crippen molar-refractivity contribution in [3.63, 3.8) is 0 Å². The fourth-order valence-corrected chi connectivity index (χ4v) is 3.69. The van der Waals surface area contributed by atoms with E-state index in [4.69, 9.17) is 0 Å². The lowest BCUT2D eigenvalue weighted by atomic mass is 10.0. The van der Waals surface area contributed by atoms with Gasteiger partial charge in [0.2, 0.25) is 11.8 Å². The van der Waals surface area contributed by atoms with Crippen LogP contribution in [0.1, 0.15) is 46.5 Å². The van der Waals surface area contributed by atoms with Gasteiger partial charge >= 0.3 is 0 Å². The maximum atomic E-state index is 11.7. The molecular weight excluding hydrogens is 244 g/mol. The summed E-state index contributed by atoms with van der Waals surface area (Å²) in [5.41, 5.74) is 0. The third-order valence-corrected chi connectivity index (χ3v) is 4.49. The van der Waals surface area contributed by atoms with Crippen LogP contribution in [0.5, 0.6) is 0 Å². The lowest BCUT2D eigenvalue weighted by molar-refractivity contribution is -0.132. The summed E-state index contributed by atoms with van der Waals surface area (Å²) in [4.78, 5) is 27.0. The molecule has 4 unspecified atom stereocenters. The number of nitrogens with zero attached hydrogens (tertiary/aromatic N) is 2. The van der Waals surface area contributed by atoms with Gasteiger partial charge in [-0.05, 0) is 32.6 Å². The molecular formula is C14H24N2O3. The minimum atomic E-state index is -0.418. The Morgan fingerprint density at radius 1 is 1.16 bits per heavy atom. The van der Waals surface area contributed by atoms with E-state index in [0.29, 0.717) is 19.0 Å². The first-order valence-corrected chi connectivity index (χ1v) is 7.14. The number of β-amino-alcohol motifs (C(OH)–C–C–N with tert-alkyl or cyclic N) is 1. The predicted molar refractivity (Wildman–Crippen MR) is 71.4 cm³/mol. The van der Waals surface area contributed by atoms with E-state index >= 15 is 0 Å². The van der Waals surface area contributed by atoms with E-state index < -0.39 is 6.10 Å². The molecule has 19 heavy (non-hydrogen) atoms. The summed E-state index contributed by atoms with van der Waals surface area (Å²) >= 11 is 0. The molecule has 0 saturated carbocycles. The Hall–Kier alpha value is -1.10. The molecule has 2 amide bonds. The topological polar surface area (TPSA) is 60.9 Å². The molecule has 2 rings (SSSR count). The maximum Gasteiger partial charge on any atom is 0.219 e. The Balaban J connectivity index is 2.04. The van der Waals surface area contributed by atoms with Crippen LogP contribution in [0.4, 0.5) is 0 Å². The van der Waals surface area contributed by atoms with Gasteiger partial charge in [-0.1, -0.05) is 0 Å². The van der Waals surface area contributed by atoms with Crippen molar-refractivity contribution < 1.29 is 14.7 Å². The van der Waals surface area contributed by atoms with Crippen LogP contribution in [0.2, 0.25) is 0 Å². The highest BCUT2D eigenvalue weighted by Crippen LogP contribution is 2.31. The summed E-state index contributed by atoms with van der Waals surface area (Å²) in [5, 5.41) is 9.75. The molecule has 2 fully saturated rings. The minimum Gasteiger partial charge on any atom is -0.391 e. The zero-order valence-corrected chi connectivity index (χ0v) is 12.0. The zero-order valence-electron chi connectivity index (χ0n) is 12.0. The number of hydrogen-bond donors (Lipinski definition) is 1. The van der Waals surface area contributed by atoms with Gasteiger partial charge in [0, 0.05) is 38.5 Å². The molecule has 0 aliphatic carbocycles. The number of rotatable bonds is 2. The molecule has 2 saturated heterocycles. The number of likely N-dealkylation sites (tertiary alicyclic amines) is 2. The van der Waals surface area contributed by atoms with Crippen molar-refractivity contribution >= 4 is 11.8 Å². The Labute approximate surface area is 114 Å². The van der Waals surface area contributed by atoms with Crippen molar-refractivity contribution in [2.24, 2.45) is 0 Å². The minimum absolute atomic E-state index is 0.0157. The molecule has 1 N–H and O–H groups in total. The smallest absolute Gasteiger partial charge is 0.219 e. The maximum absolute atomic E-state index is 11.7. The summed E-state index contributed by atoms with van der Waals surface area (Å²) in [5.74, 6) is 0.130. The van der Waals surface area contributed by atoms with Crippen LogP contribution >= 0.6 is 0 Å². The third kappa shape index (κ3) is 2.91. The standard InChI is InChI=1S/C14H24N2O3/c1-9-4-5-12(16(9)11(3)18)6-13-7-14(19)8-15(13)10(2)17/h9,12-14,19H,4-8H2,1-3H3. The first kappa shape index (κ1) is 14.3. The van der Waals surface area contributed by atoms with Crippen molar-refractivity contribution in [2.45, 2.75) is 70.7 Å². The molecule has 0 aromatic heterocycles. The summed E-state index contributed by atoms with van der Waals surface area (Å²) in [6, 6.07) is 0.578. The molecule has 4 atom stereocenters. The molecule has 0 spiro atoms. The largest absolute Gasteiger partial charge is 0.391 e. The highest BCUT2D eigenvalue weighted by Gasteiger charge is 2.39. The van der Waals surface area contributed by atoms with Gasteiger partial charge in [-0.25, -0.2) is 0 Å². The van der Waals surface area contributed by atoms with Gasteiger partial charge < -0.3 is 14.9 Å². The second-order valence-corrected chi connectivity index (χ2v) is 5.96. The zero-order chi connectivity index (χ0) is 14.2. The Kier molecular flexibility index (Phi) is 4.13. The molecule has 5 nitrogen and oxygen atoms in total. The van der Waals surface area contributed by atoms with E-state index in [1.165, 1.54) is 0 Å². The van der Waals surface area contributed by atoms with Crippen LogP contribution in [0.3, 0.4) is 0 Å². The Bertz CT molecular complexity index is 372. The first-order chi connectivity index (χ1) is 8.90. The summed E-state index contributed by atoms with van der Waals surface area (Å²) < 4.78 is 0. The number of hydrogen-bond acceptors (Lipinski definition) is 3. The molecule has 2 aliphatic rings. The normalized spacial score (nSPS) is 34.9. The van der Waals surface area contributed by atoms with Gasteiger partial charge in [0.1, 0.15) is 0 Å². The van der Waals surface area contributed by atoms with E-state index in [1.807, 2.05) is 4.90 Å². The highest BCUT2D eigenvalue weighted by atomic mass is 16.3. The molecule has 0 aromatic carbocycles. The van der Waals surface area contributed by atoms with Gasteiger partial charge in [0.15, 0.2) is 0 Å². The molecule has 108 valence electrons. The van der Waals surface area contributed by atoms with Gasteiger partial charge in [-0.2, -0.15) is 0 Å². The lowest BCUT2D eigenvalue weighted by Crippen LogP contribution is -2.43. The summed E-state index contributed by atoms with van der Waals surface area (Å²) in [6.45, 7) is 5.67. The fraction of sp³-hybridized carbons (Fsp3) is 0.857. The van der Waals surface area contributed by atoms with Crippen molar-refractivity contribution in [1.82, 2.24) is 9.80 Å². The highest BCUT2D eigenvalue weighted by molar-refractivity contribution is 5.75. The predicted octanol–water partition coefficient (Wildman–Crippen LogP) is 0.758. The molecule has 0 aromatic rings. The van der Waals surface area contributed by atoms with Crippen molar-refractivity contribution in [3.8, 4) is 0 Å². The van der Waals surface area contributed by atoms with Crippen molar-refractivity contribution in [1.29, 1.82) is 0 Å². The van der Waals surface area contributed by atoms with Gasteiger partial charge in [-0.15, -0.1) is 0 Å². The first-order valence-electron chi connectivity index (χ1n) is 7.14. The average molecular weight is 268 g/mol. The summed E-state index contributed by atoms with van der Waals surface area (Å²) in [6.07, 6.45) is 3.04. The second-order valence-electron chi connectivity index (χ2n) is 5.96. The van der Waals surface area contributed by atoms with E-state index in [9.17, 15) is 14.7 Å². The number of carbonyl (C=O) groups excluding carboxylic acids is 2. The van der Waals surface area contributed by atoms with Crippen LogP contribution in [0.15, 0.2) is 0 Å². The average Bonchev–Trinajstić information content (AvgIpc) is 2.83. The molecule has 5 heteroatoms. The van der Waals surface area contributed by atoms with Gasteiger partial charge in [0.25, 0.3) is 0 Å². The Morgan fingerprint density at radius 2 is 1.84 bits per heavy atom. The monoisotopic (exact) mass is 268 g/mol. The molecule has 0 bridgehead atoms. The fourth-order valence-electron chi connectivity index (χ4n) is 3.69. The van der Waals surface area contributed by atoms with Crippen LogP contribution in [-0.4, -0.2) is 57.5 Å². The SMILES string of the molecule is CC(=O)N1CC(O)CC1CC1CCC(C)N1C(C)=O. The number of aliphatic hydroxyl groups excluding tert-OH is 1. The number of carbonyl (C=O) groups is 2. The van der Waals surface area contributed by atoms with E-state index in [2.05, 4.69) is 6.92 Å². The quantitative estimate of drug-likeness (QED) is 0.804. The van der Waals surface area contributed by atoms with Crippen molar-refractivity contribution in [2.75, 3.05) is 6.54 Å². The third-order valence-electron chi connectivity index (χ3n) is 4.49. The van der Waals surface area contributed by atoms with Crippen LogP contribution in [-0.2, 0) is 9.59 Å². The van der Waals surface area contributed by atoms with Crippen molar-refractivity contribution in [3.05, 3.63) is 0 Å². The molecule has 2 aliphatic heterocycles. The van der Waals surface area contributed by atoms with E-state index in [-0.39, 0.29) is 23.9 Å². The van der Waals surface area contributed by atoms with Crippen LogP contribution < -0.4 is 0 Å². The summed E-state index contributed by atoms with van der Waals surface area (Å²) in [7, 11) is 0. The van der Waals surface area contributed by atoms with Gasteiger partial charge in [-0.3, -0.25) is 9.59 Å². The molecule has 0 radical (unpaired) electrons. The Morgan fingerprint density at radius 3 is 2.42 bits per heavy atom. The van der Waals surface area contributed by atoms with Crippen LogP contribution in [0, 0.1) is 0 Å². The van der Waals surface area contributed by atoms with E-state index in [0.717, 1.165) is 19.3 Å². The lowest BCUT2D eigenvalue weighted by Gasteiger charge is -2.32. The van der Waals surface area contributed by atoms with Gasteiger partial charge in [0.05, 0.1) is 6.10 Å². The molecule has 2 heterocycles. The van der Waals surface area contributed by atoms with E-state index in [1.54, 1.807) is 18.7 Å².